The Hall–Kier alpha value is -1.09. The molecule has 1 atom stereocenters. The third-order valence-corrected chi connectivity index (χ3v) is 3.98. The third-order valence-electron chi connectivity index (χ3n) is 3.98. The van der Waals surface area contributed by atoms with Crippen LogP contribution in [0.3, 0.4) is 0 Å². The summed E-state index contributed by atoms with van der Waals surface area (Å²) in [5.41, 5.74) is 7.27. The molecule has 2 nitrogen and oxygen atoms in total. The van der Waals surface area contributed by atoms with Crippen molar-refractivity contribution in [3.63, 3.8) is 0 Å². The molecule has 0 spiro atoms. The number of benzene rings is 1. The highest BCUT2D eigenvalue weighted by atomic mass is 19.1. The fourth-order valence-corrected chi connectivity index (χ4v) is 2.71. The van der Waals surface area contributed by atoms with Crippen molar-refractivity contribution in [3.8, 4) is 5.75 Å². The van der Waals surface area contributed by atoms with Gasteiger partial charge in [0, 0.05) is 11.6 Å². The predicted octanol–water partition coefficient (Wildman–Crippen LogP) is 4.11. The van der Waals surface area contributed by atoms with Crippen LogP contribution in [0, 0.1) is 18.7 Å². The smallest absolute Gasteiger partial charge is 0.126 e. The Morgan fingerprint density at radius 2 is 2.00 bits per heavy atom. The molecule has 0 radical (unpaired) electrons. The Labute approximate surface area is 115 Å². The monoisotopic (exact) mass is 265 g/mol. The highest BCUT2D eigenvalue weighted by Crippen LogP contribution is 2.29. The average molecular weight is 265 g/mol. The molecular formula is C16H24FNO. The summed E-state index contributed by atoms with van der Waals surface area (Å²) >= 11 is 0. The Kier molecular flexibility index (Phi) is 4.81. The van der Waals surface area contributed by atoms with Gasteiger partial charge in [-0.15, -0.1) is 0 Å². The second-order valence-corrected chi connectivity index (χ2v) is 5.74. The van der Waals surface area contributed by atoms with Gasteiger partial charge in [0.2, 0.25) is 0 Å². The average Bonchev–Trinajstić information content (AvgIpc) is 2.40. The minimum Gasteiger partial charge on any atom is -0.493 e. The fraction of sp³-hybridized carbons (Fsp3) is 0.625. The van der Waals surface area contributed by atoms with Gasteiger partial charge in [-0.05, 0) is 50.3 Å². The molecule has 3 heteroatoms. The van der Waals surface area contributed by atoms with Gasteiger partial charge >= 0.3 is 0 Å². The van der Waals surface area contributed by atoms with Gasteiger partial charge in [0.1, 0.15) is 11.6 Å². The van der Waals surface area contributed by atoms with E-state index in [2.05, 4.69) is 0 Å². The summed E-state index contributed by atoms with van der Waals surface area (Å²) in [6.45, 7) is 4.34. The van der Waals surface area contributed by atoms with E-state index in [1.165, 1.54) is 38.2 Å². The van der Waals surface area contributed by atoms with Gasteiger partial charge in [-0.1, -0.05) is 19.3 Å². The predicted molar refractivity (Wildman–Crippen MR) is 75.8 cm³/mol. The summed E-state index contributed by atoms with van der Waals surface area (Å²) in [6.07, 6.45) is 6.44. The van der Waals surface area contributed by atoms with Gasteiger partial charge < -0.3 is 10.5 Å². The quantitative estimate of drug-likeness (QED) is 0.889. The largest absolute Gasteiger partial charge is 0.493 e. The summed E-state index contributed by atoms with van der Waals surface area (Å²) in [6, 6.07) is 3.07. The maximum atomic E-state index is 13.6. The molecule has 2 N–H and O–H groups in total. The van der Waals surface area contributed by atoms with Crippen LogP contribution >= 0.6 is 0 Å². The van der Waals surface area contributed by atoms with Crippen molar-refractivity contribution in [1.82, 2.24) is 0 Å². The Balaban J connectivity index is 2.07. The molecule has 0 bridgehead atoms. The molecule has 1 unspecified atom stereocenters. The van der Waals surface area contributed by atoms with Gasteiger partial charge in [0.15, 0.2) is 0 Å². The van der Waals surface area contributed by atoms with Crippen LogP contribution in [0.4, 0.5) is 4.39 Å². The van der Waals surface area contributed by atoms with Crippen LogP contribution in [0.1, 0.15) is 56.2 Å². The lowest BCUT2D eigenvalue weighted by Gasteiger charge is -2.23. The van der Waals surface area contributed by atoms with E-state index in [0.29, 0.717) is 11.5 Å². The molecule has 0 aliphatic heterocycles. The van der Waals surface area contributed by atoms with E-state index in [1.54, 1.807) is 13.0 Å². The third kappa shape index (κ3) is 3.69. The zero-order chi connectivity index (χ0) is 13.8. The molecule has 0 heterocycles. The van der Waals surface area contributed by atoms with Crippen LogP contribution < -0.4 is 10.5 Å². The molecule has 0 aromatic heterocycles. The number of nitrogens with two attached hydrogens (primary N) is 1. The van der Waals surface area contributed by atoms with Crippen LogP contribution in [-0.4, -0.2) is 6.61 Å². The second kappa shape index (κ2) is 6.38. The molecule has 1 saturated carbocycles. The van der Waals surface area contributed by atoms with Gasteiger partial charge in [-0.3, -0.25) is 0 Å². The van der Waals surface area contributed by atoms with Crippen molar-refractivity contribution in [2.24, 2.45) is 11.7 Å². The molecule has 1 fully saturated rings. The molecule has 1 aromatic carbocycles. The number of halogens is 1. The number of hydrogen-bond acceptors (Lipinski definition) is 2. The van der Waals surface area contributed by atoms with Gasteiger partial charge in [-0.2, -0.15) is 0 Å². The molecule has 0 saturated heterocycles. The zero-order valence-corrected chi connectivity index (χ0v) is 11.9. The molecule has 1 aromatic rings. The van der Waals surface area contributed by atoms with Crippen LogP contribution in [0.5, 0.6) is 5.75 Å². The Bertz CT molecular complexity index is 425. The first-order chi connectivity index (χ1) is 9.08. The first-order valence-electron chi connectivity index (χ1n) is 7.26. The normalized spacial score (nSPS) is 18.3. The van der Waals surface area contributed by atoms with Crippen LogP contribution in [0.2, 0.25) is 0 Å². The van der Waals surface area contributed by atoms with E-state index < -0.39 is 0 Å². The molecule has 2 rings (SSSR count). The summed E-state index contributed by atoms with van der Waals surface area (Å²) in [7, 11) is 0. The van der Waals surface area contributed by atoms with Gasteiger partial charge in [0.05, 0.1) is 6.61 Å². The lowest BCUT2D eigenvalue weighted by molar-refractivity contribution is 0.206. The molecule has 106 valence electrons. The minimum absolute atomic E-state index is 0.211. The van der Waals surface area contributed by atoms with E-state index >= 15 is 0 Å². The van der Waals surface area contributed by atoms with Crippen molar-refractivity contribution in [2.75, 3.05) is 6.61 Å². The van der Waals surface area contributed by atoms with Crippen molar-refractivity contribution >= 4 is 0 Å². The summed E-state index contributed by atoms with van der Waals surface area (Å²) in [5.74, 6) is 1.18. The maximum absolute atomic E-state index is 13.6. The first-order valence-corrected chi connectivity index (χ1v) is 7.26. The fourth-order valence-electron chi connectivity index (χ4n) is 2.71. The van der Waals surface area contributed by atoms with E-state index in [9.17, 15) is 4.39 Å². The van der Waals surface area contributed by atoms with Crippen molar-refractivity contribution in [2.45, 2.75) is 52.0 Å². The highest BCUT2D eigenvalue weighted by Gasteiger charge is 2.17. The van der Waals surface area contributed by atoms with Crippen LogP contribution in [0.15, 0.2) is 12.1 Å². The number of ether oxygens (including phenoxy) is 1. The SMILES string of the molecule is Cc1cc(OCC2CCCCC2)c(C(C)N)cc1F. The van der Waals surface area contributed by atoms with Crippen molar-refractivity contribution in [3.05, 3.63) is 29.1 Å². The van der Waals surface area contributed by atoms with Gasteiger partial charge in [-0.25, -0.2) is 4.39 Å². The maximum Gasteiger partial charge on any atom is 0.126 e. The summed E-state index contributed by atoms with van der Waals surface area (Å²) in [4.78, 5) is 0. The lowest BCUT2D eigenvalue weighted by atomic mass is 9.90. The number of rotatable bonds is 4. The number of aryl methyl sites for hydroxylation is 1. The Morgan fingerprint density at radius 3 is 2.63 bits per heavy atom. The van der Waals surface area contributed by atoms with E-state index in [4.69, 9.17) is 10.5 Å². The summed E-state index contributed by atoms with van der Waals surface area (Å²) in [5, 5.41) is 0. The molecular weight excluding hydrogens is 241 g/mol. The topological polar surface area (TPSA) is 35.2 Å². The van der Waals surface area contributed by atoms with Crippen LogP contribution in [0.25, 0.3) is 0 Å². The van der Waals surface area contributed by atoms with Crippen molar-refractivity contribution in [1.29, 1.82) is 0 Å². The van der Waals surface area contributed by atoms with Gasteiger partial charge in [0.25, 0.3) is 0 Å². The minimum atomic E-state index is -0.212. The van der Waals surface area contributed by atoms with Crippen molar-refractivity contribution < 1.29 is 9.13 Å². The first kappa shape index (κ1) is 14.3. The van der Waals surface area contributed by atoms with E-state index in [-0.39, 0.29) is 11.9 Å². The molecule has 0 amide bonds. The zero-order valence-electron chi connectivity index (χ0n) is 11.9. The highest BCUT2D eigenvalue weighted by molar-refractivity contribution is 5.39. The standard InChI is InChI=1S/C16H24FNO/c1-11-8-16(14(12(2)18)9-15(11)17)19-10-13-6-4-3-5-7-13/h8-9,12-13H,3-7,10,18H2,1-2H3. The van der Waals surface area contributed by atoms with E-state index in [1.807, 2.05) is 6.92 Å². The van der Waals surface area contributed by atoms with E-state index in [0.717, 1.165) is 17.9 Å². The summed E-state index contributed by atoms with van der Waals surface area (Å²) < 4.78 is 19.5. The van der Waals surface area contributed by atoms with Crippen LogP contribution in [-0.2, 0) is 0 Å². The molecule has 19 heavy (non-hydrogen) atoms. The number of hydrogen-bond donors (Lipinski definition) is 1. The molecule has 1 aliphatic rings. The second-order valence-electron chi connectivity index (χ2n) is 5.74. The molecule has 1 aliphatic carbocycles. The lowest BCUT2D eigenvalue weighted by Crippen LogP contribution is -2.17. The Morgan fingerprint density at radius 1 is 1.32 bits per heavy atom.